The molecular formula is C17H26N2O4. The summed E-state index contributed by atoms with van der Waals surface area (Å²) in [7, 11) is 0. The Hall–Kier alpha value is -1.82. The molecule has 1 aromatic heterocycles. The highest BCUT2D eigenvalue weighted by atomic mass is 16.3. The Morgan fingerprint density at radius 3 is 2.61 bits per heavy atom. The van der Waals surface area contributed by atoms with E-state index in [0.717, 1.165) is 12.8 Å². The molecule has 2 amide bonds. The van der Waals surface area contributed by atoms with Gasteiger partial charge in [-0.05, 0) is 37.2 Å². The Labute approximate surface area is 136 Å². The number of carbonyl (C=O) groups excluding carboxylic acids is 2. The van der Waals surface area contributed by atoms with Crippen LogP contribution in [0.3, 0.4) is 0 Å². The first kappa shape index (κ1) is 17.5. The van der Waals surface area contributed by atoms with Crippen LogP contribution in [-0.4, -0.2) is 47.6 Å². The number of carbonyl (C=O) groups is 2. The monoisotopic (exact) mass is 322 g/mol. The number of furan rings is 1. The van der Waals surface area contributed by atoms with Gasteiger partial charge in [0.1, 0.15) is 12.3 Å². The smallest absolute Gasteiger partial charge is 0.255 e. The van der Waals surface area contributed by atoms with Gasteiger partial charge in [-0.3, -0.25) is 9.59 Å². The van der Waals surface area contributed by atoms with Crippen LogP contribution in [0.25, 0.3) is 0 Å². The Bertz CT molecular complexity index is 505. The molecule has 0 aromatic carbocycles. The zero-order chi connectivity index (χ0) is 16.8. The fraction of sp³-hybridized carbons (Fsp3) is 0.647. The van der Waals surface area contributed by atoms with Crippen LogP contribution in [0.2, 0.25) is 0 Å². The summed E-state index contributed by atoms with van der Waals surface area (Å²) >= 11 is 0. The van der Waals surface area contributed by atoms with E-state index in [1.54, 1.807) is 11.0 Å². The summed E-state index contributed by atoms with van der Waals surface area (Å²) < 4.78 is 4.92. The lowest BCUT2D eigenvalue weighted by molar-refractivity contribution is -0.135. The summed E-state index contributed by atoms with van der Waals surface area (Å²) in [6.07, 6.45) is 5.04. The first-order valence-electron chi connectivity index (χ1n) is 8.24. The molecule has 0 radical (unpaired) electrons. The van der Waals surface area contributed by atoms with Crippen LogP contribution in [0.5, 0.6) is 0 Å². The Morgan fingerprint density at radius 1 is 1.39 bits per heavy atom. The predicted molar refractivity (Wildman–Crippen MR) is 85.8 cm³/mol. The lowest BCUT2D eigenvalue weighted by Crippen LogP contribution is -2.51. The van der Waals surface area contributed by atoms with Gasteiger partial charge in [0.2, 0.25) is 5.91 Å². The van der Waals surface area contributed by atoms with E-state index >= 15 is 0 Å². The fourth-order valence-electron chi connectivity index (χ4n) is 2.88. The van der Waals surface area contributed by atoms with Crippen molar-refractivity contribution < 1.29 is 19.1 Å². The zero-order valence-corrected chi connectivity index (χ0v) is 13.8. The van der Waals surface area contributed by atoms with Crippen molar-refractivity contribution in [1.29, 1.82) is 0 Å². The number of rotatable bonds is 6. The van der Waals surface area contributed by atoms with E-state index in [9.17, 15) is 14.7 Å². The summed E-state index contributed by atoms with van der Waals surface area (Å²) in [4.78, 5) is 26.8. The van der Waals surface area contributed by atoms with Crippen LogP contribution in [0.15, 0.2) is 23.0 Å². The maximum atomic E-state index is 12.8. The molecule has 6 heteroatoms. The molecule has 2 N–H and O–H groups in total. The van der Waals surface area contributed by atoms with E-state index in [4.69, 9.17) is 4.42 Å². The highest BCUT2D eigenvalue weighted by Crippen LogP contribution is 2.18. The number of amides is 2. The second kappa shape index (κ2) is 8.15. The summed E-state index contributed by atoms with van der Waals surface area (Å²) in [6.45, 7) is 5.51. The molecule has 1 unspecified atom stereocenters. The summed E-state index contributed by atoms with van der Waals surface area (Å²) in [5, 5.41) is 12.0. The number of piperidine rings is 1. The average molecular weight is 322 g/mol. The number of aliphatic hydroxyl groups is 1. The second-order valence-corrected chi connectivity index (χ2v) is 6.62. The van der Waals surface area contributed by atoms with Gasteiger partial charge in [0.25, 0.3) is 5.91 Å². The van der Waals surface area contributed by atoms with Crippen LogP contribution >= 0.6 is 0 Å². The maximum absolute atomic E-state index is 12.8. The van der Waals surface area contributed by atoms with Gasteiger partial charge in [0.05, 0.1) is 11.8 Å². The third-order valence-corrected chi connectivity index (χ3v) is 4.28. The number of nitrogens with zero attached hydrogens (tertiary/aromatic N) is 1. The van der Waals surface area contributed by atoms with Crippen molar-refractivity contribution in [2.24, 2.45) is 11.8 Å². The fourth-order valence-corrected chi connectivity index (χ4v) is 2.88. The van der Waals surface area contributed by atoms with Crippen molar-refractivity contribution in [2.45, 2.75) is 39.2 Å². The molecule has 0 spiro atoms. The van der Waals surface area contributed by atoms with Gasteiger partial charge in [0.15, 0.2) is 0 Å². The minimum atomic E-state index is -0.525. The summed E-state index contributed by atoms with van der Waals surface area (Å²) in [6, 6.07) is 1.06. The van der Waals surface area contributed by atoms with Crippen molar-refractivity contribution in [3.8, 4) is 0 Å². The largest absolute Gasteiger partial charge is 0.472 e. The van der Waals surface area contributed by atoms with Gasteiger partial charge in [-0.2, -0.15) is 0 Å². The van der Waals surface area contributed by atoms with Gasteiger partial charge in [-0.1, -0.05) is 13.8 Å². The first-order valence-corrected chi connectivity index (χ1v) is 8.24. The van der Waals surface area contributed by atoms with Crippen LogP contribution in [-0.2, 0) is 4.79 Å². The molecule has 2 heterocycles. The molecule has 1 aliphatic rings. The minimum absolute atomic E-state index is 0.0352. The van der Waals surface area contributed by atoms with Gasteiger partial charge in [-0.25, -0.2) is 0 Å². The molecule has 0 bridgehead atoms. The molecule has 1 fully saturated rings. The molecule has 23 heavy (non-hydrogen) atoms. The number of hydrogen-bond donors (Lipinski definition) is 2. The van der Waals surface area contributed by atoms with Gasteiger partial charge in [-0.15, -0.1) is 0 Å². The number of aliphatic hydroxyl groups excluding tert-OH is 1. The van der Waals surface area contributed by atoms with Crippen molar-refractivity contribution >= 4 is 11.8 Å². The standard InChI is InChI=1S/C17H26N2O4/c1-12(2)9-15(18-16(21)14-5-8-23-11-14)17(22)19-6-3-13(10-20)4-7-19/h5,8,11-13,15,20H,3-4,6-7,9-10H2,1-2H3,(H,18,21). The van der Waals surface area contributed by atoms with Crippen LogP contribution in [0.4, 0.5) is 0 Å². The van der Waals surface area contributed by atoms with E-state index in [-0.39, 0.29) is 24.3 Å². The SMILES string of the molecule is CC(C)CC(NC(=O)c1ccoc1)C(=O)N1CCC(CO)CC1. The van der Waals surface area contributed by atoms with Crippen molar-refractivity contribution in [2.75, 3.05) is 19.7 Å². The molecule has 2 rings (SSSR count). The third-order valence-electron chi connectivity index (χ3n) is 4.28. The molecule has 6 nitrogen and oxygen atoms in total. The van der Waals surface area contributed by atoms with Crippen molar-refractivity contribution in [3.05, 3.63) is 24.2 Å². The molecule has 1 aliphatic heterocycles. The van der Waals surface area contributed by atoms with Crippen molar-refractivity contribution in [3.63, 3.8) is 0 Å². The van der Waals surface area contributed by atoms with E-state index in [2.05, 4.69) is 5.32 Å². The lowest BCUT2D eigenvalue weighted by Gasteiger charge is -2.34. The normalized spacial score (nSPS) is 17.3. The highest BCUT2D eigenvalue weighted by molar-refractivity contribution is 5.97. The molecule has 0 saturated carbocycles. The van der Waals surface area contributed by atoms with Crippen LogP contribution < -0.4 is 5.32 Å². The summed E-state index contributed by atoms with van der Waals surface area (Å²) in [5.74, 6) is 0.252. The lowest BCUT2D eigenvalue weighted by atomic mass is 9.96. The number of nitrogens with one attached hydrogen (secondary N) is 1. The maximum Gasteiger partial charge on any atom is 0.255 e. The Balaban J connectivity index is 1.99. The minimum Gasteiger partial charge on any atom is -0.472 e. The van der Waals surface area contributed by atoms with E-state index in [0.29, 0.717) is 31.0 Å². The first-order chi connectivity index (χ1) is 11.0. The molecule has 1 aromatic rings. The topological polar surface area (TPSA) is 82.8 Å². The van der Waals surface area contributed by atoms with Crippen molar-refractivity contribution in [1.82, 2.24) is 10.2 Å². The number of likely N-dealkylation sites (tertiary alicyclic amines) is 1. The van der Waals surface area contributed by atoms with Crippen LogP contribution in [0.1, 0.15) is 43.5 Å². The third kappa shape index (κ3) is 4.82. The Morgan fingerprint density at radius 2 is 2.09 bits per heavy atom. The molecule has 1 saturated heterocycles. The second-order valence-electron chi connectivity index (χ2n) is 6.62. The van der Waals surface area contributed by atoms with E-state index in [1.165, 1.54) is 12.5 Å². The highest BCUT2D eigenvalue weighted by Gasteiger charge is 2.29. The Kier molecular flexibility index (Phi) is 6.21. The van der Waals surface area contributed by atoms with E-state index < -0.39 is 6.04 Å². The zero-order valence-electron chi connectivity index (χ0n) is 13.8. The average Bonchev–Trinajstić information content (AvgIpc) is 3.07. The molecular weight excluding hydrogens is 296 g/mol. The van der Waals surface area contributed by atoms with E-state index in [1.807, 2.05) is 13.8 Å². The van der Waals surface area contributed by atoms with Crippen LogP contribution in [0, 0.1) is 11.8 Å². The molecule has 0 aliphatic carbocycles. The van der Waals surface area contributed by atoms with Gasteiger partial charge < -0.3 is 19.7 Å². The quantitative estimate of drug-likeness (QED) is 0.834. The summed E-state index contributed by atoms with van der Waals surface area (Å²) in [5.41, 5.74) is 0.422. The molecule has 128 valence electrons. The number of hydrogen-bond acceptors (Lipinski definition) is 4. The van der Waals surface area contributed by atoms with Gasteiger partial charge >= 0.3 is 0 Å². The molecule has 1 atom stereocenters. The van der Waals surface area contributed by atoms with Gasteiger partial charge in [0, 0.05) is 19.7 Å². The predicted octanol–water partition coefficient (Wildman–Crippen LogP) is 1.65.